The molecule has 5 aromatic rings. The third-order valence-corrected chi connectivity index (χ3v) is 11.0. The van der Waals surface area contributed by atoms with Crippen LogP contribution in [0.5, 0.6) is 11.5 Å². The summed E-state index contributed by atoms with van der Waals surface area (Å²) in [6.45, 7) is 3.88. The smallest absolute Gasteiger partial charge is 0.264 e. The Hall–Kier alpha value is -6.74. The summed E-state index contributed by atoms with van der Waals surface area (Å²) in [6, 6.07) is 25.1. The number of piperidine rings is 1. The molecule has 2 aliphatic rings. The largest absolute Gasteiger partial charge is 0.489 e. The molecule has 1 aromatic heterocycles. The minimum atomic E-state index is -1.03. The molecule has 65 heavy (non-hydrogen) atoms. The van der Waals surface area contributed by atoms with Crippen LogP contribution in [0.25, 0.3) is 11.1 Å². The highest BCUT2D eigenvalue weighted by Gasteiger charge is 2.45. The summed E-state index contributed by atoms with van der Waals surface area (Å²) < 4.78 is 43.9. The van der Waals surface area contributed by atoms with Gasteiger partial charge in [-0.3, -0.25) is 34.4 Å². The topological polar surface area (TPSA) is 190 Å². The lowest BCUT2D eigenvalue weighted by Crippen LogP contribution is -2.54. The zero-order chi connectivity index (χ0) is 45.5. The molecule has 1 saturated heterocycles. The van der Waals surface area contributed by atoms with Gasteiger partial charge in [-0.2, -0.15) is 5.26 Å². The average Bonchev–Trinajstić information content (AvgIpc) is 3.57. The van der Waals surface area contributed by atoms with Crippen LogP contribution in [0.3, 0.4) is 0 Å². The summed E-state index contributed by atoms with van der Waals surface area (Å²) in [7, 11) is 0. The Labute approximate surface area is 379 Å². The van der Waals surface area contributed by atoms with E-state index in [4.69, 9.17) is 35.3 Å². The summed E-state index contributed by atoms with van der Waals surface area (Å²) in [5, 5.41) is 18.4. The molecule has 336 valence electrons. The molecule has 3 N–H and O–H groups in total. The first-order valence-electron chi connectivity index (χ1n) is 21.0. The number of hydrogen-bond donors (Lipinski definition) is 3. The number of imide groups is 2. The van der Waals surface area contributed by atoms with Crippen molar-refractivity contribution < 1.29 is 47.3 Å². The Bertz CT molecular complexity index is 2570. The van der Waals surface area contributed by atoms with E-state index in [1.54, 1.807) is 60.8 Å². The van der Waals surface area contributed by atoms with E-state index in [-0.39, 0.29) is 43.0 Å². The van der Waals surface area contributed by atoms with Gasteiger partial charge in [0.15, 0.2) is 0 Å². The number of nitriles is 1. The van der Waals surface area contributed by atoms with E-state index in [2.05, 4.69) is 27.0 Å². The molecule has 0 bridgehead atoms. The van der Waals surface area contributed by atoms with E-state index >= 15 is 0 Å². The highest BCUT2D eigenvalue weighted by molar-refractivity contribution is 6.34. The molecule has 0 radical (unpaired) electrons. The minimum Gasteiger partial charge on any atom is -0.489 e. The number of rotatable bonds is 23. The number of carbonyl (C=O) groups excluding carboxylic acids is 4. The highest BCUT2D eigenvalue weighted by Crippen LogP contribution is 2.35. The molecule has 1 unspecified atom stereocenters. The maximum Gasteiger partial charge on any atom is 0.264 e. The summed E-state index contributed by atoms with van der Waals surface area (Å²) >= 11 is 6.72. The number of nitrogens with one attached hydrogen (secondary N) is 3. The lowest BCUT2D eigenvalue weighted by atomic mass is 10.0. The Morgan fingerprint density at radius 3 is 2.31 bits per heavy atom. The van der Waals surface area contributed by atoms with Gasteiger partial charge in [-0.05, 0) is 36.8 Å². The number of pyridine rings is 1. The van der Waals surface area contributed by atoms with E-state index < -0.39 is 29.7 Å². The van der Waals surface area contributed by atoms with E-state index in [1.807, 2.05) is 24.3 Å². The number of carbonyl (C=O) groups is 4. The first-order valence-corrected chi connectivity index (χ1v) is 21.4. The van der Waals surface area contributed by atoms with Crippen molar-refractivity contribution in [2.24, 2.45) is 0 Å². The highest BCUT2D eigenvalue weighted by atomic mass is 35.5. The van der Waals surface area contributed by atoms with Gasteiger partial charge in [0.05, 0.1) is 61.4 Å². The molecule has 2 aliphatic heterocycles. The molecule has 17 heteroatoms. The minimum absolute atomic E-state index is 0.0499. The summed E-state index contributed by atoms with van der Waals surface area (Å²) in [5.74, 6) is -1.48. The number of benzene rings is 4. The monoisotopic (exact) mass is 904 g/mol. The normalized spacial score (nSPS) is 14.5. The van der Waals surface area contributed by atoms with Crippen molar-refractivity contribution in [1.82, 2.24) is 20.5 Å². The number of nitrogens with zero attached hydrogens (tertiary/aromatic N) is 3. The van der Waals surface area contributed by atoms with Gasteiger partial charge in [0.25, 0.3) is 11.8 Å². The van der Waals surface area contributed by atoms with Crippen LogP contribution < -0.4 is 25.4 Å². The van der Waals surface area contributed by atoms with Crippen LogP contribution in [-0.4, -0.2) is 92.3 Å². The average molecular weight is 905 g/mol. The Morgan fingerprint density at radius 2 is 1.52 bits per heavy atom. The molecule has 0 spiro atoms. The summed E-state index contributed by atoms with van der Waals surface area (Å²) in [5.41, 5.74) is 4.56. The molecule has 0 aliphatic carbocycles. The standard InChI is InChI=1S/C48H46ClFN6O9/c49-45-34(5-3-7-37(45)36-6-1-2-9-39(36)50)30-64-35-12-11-33(42(24-35)65-29-32-23-31(25-51)26-53-27-32)28-52-15-17-61-19-21-63-22-20-62-18-16-54-40-10-4-8-38-44(40)48(60)56(47(38)59)41-13-14-43(57)55-46(41)58/h1-12,23-24,26-27,41,52,54H,13-22,28-30H2,(H,55,57,58). The number of amides is 4. The third-order valence-electron chi connectivity index (χ3n) is 10.5. The quantitative estimate of drug-likeness (QED) is 0.0495. The number of anilines is 1. The molecule has 7 rings (SSSR count). The Balaban J connectivity index is 0.802. The molecule has 1 atom stereocenters. The predicted octanol–water partition coefficient (Wildman–Crippen LogP) is 6.22. The molecule has 4 amide bonds. The van der Waals surface area contributed by atoms with Gasteiger partial charge in [0.2, 0.25) is 11.8 Å². The van der Waals surface area contributed by atoms with E-state index in [0.29, 0.717) is 104 Å². The zero-order valence-electron chi connectivity index (χ0n) is 35.3. The van der Waals surface area contributed by atoms with Gasteiger partial charge in [-0.25, -0.2) is 4.39 Å². The van der Waals surface area contributed by atoms with Gasteiger partial charge in [-0.15, -0.1) is 0 Å². The van der Waals surface area contributed by atoms with Crippen molar-refractivity contribution >= 4 is 40.9 Å². The van der Waals surface area contributed by atoms with Crippen molar-refractivity contribution in [3.8, 4) is 28.7 Å². The second-order valence-electron chi connectivity index (χ2n) is 14.9. The summed E-state index contributed by atoms with van der Waals surface area (Å²) in [4.78, 5) is 55.3. The number of hydrogen-bond acceptors (Lipinski definition) is 13. The van der Waals surface area contributed by atoms with Gasteiger partial charge >= 0.3 is 0 Å². The van der Waals surface area contributed by atoms with Crippen LogP contribution in [0.2, 0.25) is 5.02 Å². The van der Waals surface area contributed by atoms with Crippen molar-refractivity contribution in [3.05, 3.63) is 142 Å². The first-order chi connectivity index (χ1) is 31.7. The van der Waals surface area contributed by atoms with Crippen LogP contribution in [0.4, 0.5) is 10.1 Å². The maximum absolute atomic E-state index is 14.6. The van der Waals surface area contributed by atoms with Gasteiger partial charge < -0.3 is 34.3 Å². The van der Waals surface area contributed by atoms with E-state index in [9.17, 15) is 28.8 Å². The Kier molecular flexibility index (Phi) is 16.2. The van der Waals surface area contributed by atoms with E-state index in [1.165, 1.54) is 12.3 Å². The lowest BCUT2D eigenvalue weighted by molar-refractivity contribution is -0.136. The second-order valence-corrected chi connectivity index (χ2v) is 15.3. The van der Waals surface area contributed by atoms with Gasteiger partial charge in [0, 0.05) is 78.0 Å². The number of halogens is 2. The Morgan fingerprint density at radius 1 is 0.785 bits per heavy atom. The van der Waals surface area contributed by atoms with Crippen molar-refractivity contribution in [2.45, 2.75) is 38.6 Å². The SMILES string of the molecule is N#Cc1cncc(COc2cc(OCc3cccc(-c4ccccc4F)c3Cl)ccc2CNCCOCCOCCOCCNc2cccc3c2C(=O)N(C2CCC(=O)NC2=O)C3=O)c1. The van der Waals surface area contributed by atoms with Gasteiger partial charge in [0.1, 0.15) is 42.6 Å². The van der Waals surface area contributed by atoms with Crippen LogP contribution in [-0.2, 0) is 43.6 Å². The second kappa shape index (κ2) is 22.7. The lowest BCUT2D eigenvalue weighted by Gasteiger charge is -2.27. The van der Waals surface area contributed by atoms with Crippen molar-refractivity contribution in [3.63, 3.8) is 0 Å². The van der Waals surface area contributed by atoms with Crippen molar-refractivity contribution in [1.29, 1.82) is 5.26 Å². The molecular formula is C48H46ClFN6O9. The maximum atomic E-state index is 14.6. The predicted molar refractivity (Wildman–Crippen MR) is 237 cm³/mol. The molecule has 0 saturated carbocycles. The van der Waals surface area contributed by atoms with Crippen LogP contribution in [0.1, 0.15) is 55.8 Å². The molecule has 15 nitrogen and oxygen atoms in total. The summed E-state index contributed by atoms with van der Waals surface area (Å²) in [6.07, 6.45) is 3.27. The number of aromatic nitrogens is 1. The van der Waals surface area contributed by atoms with Crippen LogP contribution >= 0.6 is 11.6 Å². The molecule has 3 heterocycles. The van der Waals surface area contributed by atoms with E-state index in [0.717, 1.165) is 16.0 Å². The molecular weight excluding hydrogens is 859 g/mol. The first kappa shape index (κ1) is 46.3. The number of ether oxygens (including phenoxy) is 5. The fourth-order valence-electron chi connectivity index (χ4n) is 7.26. The van der Waals surface area contributed by atoms with Crippen LogP contribution in [0, 0.1) is 17.1 Å². The zero-order valence-corrected chi connectivity index (χ0v) is 36.0. The van der Waals surface area contributed by atoms with Crippen LogP contribution in [0.15, 0.2) is 97.3 Å². The molecule has 1 fully saturated rings. The molecule has 4 aromatic carbocycles. The fraction of sp³-hybridized carbons (Fsp3) is 0.292. The van der Waals surface area contributed by atoms with Crippen molar-refractivity contribution in [2.75, 3.05) is 58.0 Å². The third kappa shape index (κ3) is 11.9. The number of fused-ring (bicyclic) bond motifs is 1. The van der Waals surface area contributed by atoms with Gasteiger partial charge in [-0.1, -0.05) is 60.1 Å². The fourth-order valence-corrected chi connectivity index (χ4v) is 7.55.